The average Bonchev–Trinajstić information content (AvgIpc) is 2.96. The third-order valence-electron chi connectivity index (χ3n) is 2.69. The zero-order chi connectivity index (χ0) is 13.4. The third kappa shape index (κ3) is 2.31. The molecule has 0 saturated heterocycles. The van der Waals surface area contributed by atoms with E-state index in [2.05, 4.69) is 39.1 Å². The molecule has 0 fully saturated rings. The van der Waals surface area contributed by atoms with E-state index >= 15 is 0 Å². The Hall–Kier alpha value is -1.95. The smallest absolute Gasteiger partial charge is 0.164 e. The lowest BCUT2D eigenvalue weighted by atomic mass is 10.2. The molecule has 0 aliphatic carbocycles. The Morgan fingerprint density at radius 2 is 2.21 bits per heavy atom. The molecule has 3 heterocycles. The second kappa shape index (κ2) is 4.62. The van der Waals surface area contributed by atoms with Gasteiger partial charge in [0.25, 0.3) is 0 Å². The first kappa shape index (κ1) is 12.1. The lowest BCUT2D eigenvalue weighted by molar-refractivity contribution is 0.483. The summed E-state index contributed by atoms with van der Waals surface area (Å²) < 4.78 is 1.89. The molecule has 0 unspecified atom stereocenters. The molecule has 19 heavy (non-hydrogen) atoms. The van der Waals surface area contributed by atoms with Gasteiger partial charge in [-0.15, -0.1) is 0 Å². The van der Waals surface area contributed by atoms with Gasteiger partial charge >= 0.3 is 0 Å². The van der Waals surface area contributed by atoms with Gasteiger partial charge in [0.1, 0.15) is 11.0 Å². The van der Waals surface area contributed by atoms with Gasteiger partial charge in [0.15, 0.2) is 11.0 Å². The molecule has 3 rings (SSSR count). The Bertz CT molecular complexity index is 714. The summed E-state index contributed by atoms with van der Waals surface area (Å²) in [5, 5.41) is 11.4. The van der Waals surface area contributed by atoms with Gasteiger partial charge in [0, 0.05) is 18.9 Å². The van der Waals surface area contributed by atoms with Crippen molar-refractivity contribution in [3.8, 4) is 11.4 Å². The first-order valence-electron chi connectivity index (χ1n) is 6.03. The van der Waals surface area contributed by atoms with E-state index in [1.165, 1.54) is 0 Å². The van der Waals surface area contributed by atoms with Crippen LogP contribution in [0.25, 0.3) is 22.4 Å². The second-order valence-corrected chi connectivity index (χ2v) is 5.16. The fourth-order valence-corrected chi connectivity index (χ4v) is 2.11. The van der Waals surface area contributed by atoms with Gasteiger partial charge in [-0.05, 0) is 5.92 Å². The van der Waals surface area contributed by atoms with Crippen LogP contribution in [0, 0.1) is 5.92 Å². The third-order valence-corrected chi connectivity index (χ3v) is 2.95. The molecule has 0 aromatic carbocycles. The quantitative estimate of drug-likeness (QED) is 0.746. The van der Waals surface area contributed by atoms with Gasteiger partial charge in [0.05, 0.1) is 11.8 Å². The summed E-state index contributed by atoms with van der Waals surface area (Å²) in [6.45, 7) is 5.15. The number of nitrogens with zero attached hydrogens (tertiary/aromatic N) is 5. The van der Waals surface area contributed by atoms with Crippen molar-refractivity contribution in [2.75, 3.05) is 0 Å². The molecule has 0 atom stereocenters. The highest BCUT2D eigenvalue weighted by atomic mass is 35.5. The molecule has 0 amide bonds. The van der Waals surface area contributed by atoms with Gasteiger partial charge < -0.3 is 0 Å². The van der Waals surface area contributed by atoms with E-state index in [9.17, 15) is 0 Å². The van der Waals surface area contributed by atoms with Crippen molar-refractivity contribution in [3.63, 3.8) is 0 Å². The van der Waals surface area contributed by atoms with Crippen LogP contribution in [0.4, 0.5) is 0 Å². The minimum atomic E-state index is 0.345. The number of H-pyrrole nitrogens is 1. The molecule has 3 aromatic heterocycles. The Morgan fingerprint density at radius 3 is 3.00 bits per heavy atom. The number of hydrogen-bond acceptors (Lipinski definition) is 4. The van der Waals surface area contributed by atoms with Crippen molar-refractivity contribution in [2.24, 2.45) is 5.92 Å². The minimum absolute atomic E-state index is 0.345. The summed E-state index contributed by atoms with van der Waals surface area (Å²) >= 11 is 6.08. The van der Waals surface area contributed by atoms with Crippen molar-refractivity contribution in [3.05, 3.63) is 23.7 Å². The normalized spacial score (nSPS) is 11.6. The number of aromatic nitrogens is 6. The lowest BCUT2D eigenvalue weighted by Gasteiger charge is -2.03. The average molecular weight is 277 g/mol. The fraction of sp³-hybridized carbons (Fsp3) is 0.333. The van der Waals surface area contributed by atoms with Gasteiger partial charge in [-0.25, -0.2) is 9.97 Å². The standard InChI is InChI=1S/C12H13ClN6/c1-7(2)5-19-6-8(3-15-19)12-16-9-4-14-18-10(9)11(13)17-12/h3-4,6-7H,5H2,1-2H3,(H,14,18). The molecule has 0 saturated carbocycles. The number of aromatic amines is 1. The Morgan fingerprint density at radius 1 is 1.37 bits per heavy atom. The van der Waals surface area contributed by atoms with Crippen LogP contribution in [0.2, 0.25) is 5.15 Å². The highest BCUT2D eigenvalue weighted by Gasteiger charge is 2.11. The number of halogens is 1. The SMILES string of the molecule is CC(C)Cn1cc(-c2nc(Cl)c3n[nH]cc3n2)cn1. The monoisotopic (exact) mass is 276 g/mol. The van der Waals surface area contributed by atoms with E-state index in [4.69, 9.17) is 11.6 Å². The molecular weight excluding hydrogens is 264 g/mol. The summed E-state index contributed by atoms with van der Waals surface area (Å²) in [5.41, 5.74) is 2.14. The zero-order valence-corrected chi connectivity index (χ0v) is 11.4. The molecule has 0 bridgehead atoms. The molecular formula is C12H13ClN6. The molecule has 0 aliphatic heterocycles. The molecule has 1 N–H and O–H groups in total. The molecule has 0 radical (unpaired) electrons. The topological polar surface area (TPSA) is 72.3 Å². The number of hydrogen-bond donors (Lipinski definition) is 1. The predicted octanol–water partition coefficient (Wildman–Crippen LogP) is 2.53. The van der Waals surface area contributed by atoms with Crippen molar-refractivity contribution in [2.45, 2.75) is 20.4 Å². The van der Waals surface area contributed by atoms with Crippen LogP contribution >= 0.6 is 11.6 Å². The van der Waals surface area contributed by atoms with E-state index in [0.717, 1.165) is 12.1 Å². The van der Waals surface area contributed by atoms with Crippen LogP contribution in [0.3, 0.4) is 0 Å². The lowest BCUT2D eigenvalue weighted by Crippen LogP contribution is -2.04. The van der Waals surface area contributed by atoms with Crippen LogP contribution in [0.1, 0.15) is 13.8 Å². The van der Waals surface area contributed by atoms with Crippen LogP contribution in [-0.2, 0) is 6.54 Å². The highest BCUT2D eigenvalue weighted by Crippen LogP contribution is 2.22. The van der Waals surface area contributed by atoms with E-state index in [0.29, 0.717) is 27.9 Å². The van der Waals surface area contributed by atoms with Crippen LogP contribution in [0.15, 0.2) is 18.6 Å². The summed E-state index contributed by atoms with van der Waals surface area (Å²) in [5.74, 6) is 1.10. The molecule has 0 aliphatic rings. The largest absolute Gasteiger partial charge is 0.283 e. The maximum absolute atomic E-state index is 6.08. The van der Waals surface area contributed by atoms with E-state index in [-0.39, 0.29) is 0 Å². The number of rotatable bonds is 3. The molecule has 6 nitrogen and oxygen atoms in total. The van der Waals surface area contributed by atoms with E-state index in [1.54, 1.807) is 12.4 Å². The summed E-state index contributed by atoms with van der Waals surface area (Å²) in [4.78, 5) is 8.67. The maximum atomic E-state index is 6.08. The van der Waals surface area contributed by atoms with Crippen molar-refractivity contribution >= 4 is 22.6 Å². The van der Waals surface area contributed by atoms with Crippen molar-refractivity contribution in [1.29, 1.82) is 0 Å². The fourth-order valence-electron chi connectivity index (χ4n) is 1.89. The minimum Gasteiger partial charge on any atom is -0.283 e. The summed E-state index contributed by atoms with van der Waals surface area (Å²) in [7, 11) is 0. The highest BCUT2D eigenvalue weighted by molar-refractivity contribution is 6.33. The summed E-state index contributed by atoms with van der Waals surface area (Å²) in [6.07, 6.45) is 5.38. The van der Waals surface area contributed by atoms with Crippen LogP contribution < -0.4 is 0 Å². The van der Waals surface area contributed by atoms with E-state index in [1.807, 2.05) is 10.9 Å². The maximum Gasteiger partial charge on any atom is 0.164 e. The Kier molecular flexibility index (Phi) is 2.94. The van der Waals surface area contributed by atoms with Gasteiger partial charge in [-0.3, -0.25) is 9.78 Å². The second-order valence-electron chi connectivity index (χ2n) is 4.80. The van der Waals surface area contributed by atoms with Crippen LogP contribution in [0.5, 0.6) is 0 Å². The molecule has 3 aromatic rings. The number of nitrogens with one attached hydrogen (secondary N) is 1. The Labute approximate surface area is 114 Å². The van der Waals surface area contributed by atoms with E-state index < -0.39 is 0 Å². The summed E-state index contributed by atoms with van der Waals surface area (Å²) in [6, 6.07) is 0. The van der Waals surface area contributed by atoms with Gasteiger partial charge in [-0.1, -0.05) is 25.4 Å². The van der Waals surface area contributed by atoms with Gasteiger partial charge in [-0.2, -0.15) is 10.2 Å². The molecule has 98 valence electrons. The van der Waals surface area contributed by atoms with Crippen molar-refractivity contribution in [1.82, 2.24) is 29.9 Å². The number of fused-ring (bicyclic) bond motifs is 1. The van der Waals surface area contributed by atoms with Gasteiger partial charge in [0.2, 0.25) is 0 Å². The predicted molar refractivity (Wildman–Crippen MR) is 72.8 cm³/mol. The zero-order valence-electron chi connectivity index (χ0n) is 10.6. The van der Waals surface area contributed by atoms with Crippen LogP contribution in [-0.4, -0.2) is 29.9 Å². The first-order valence-corrected chi connectivity index (χ1v) is 6.41. The Balaban J connectivity index is 2.01. The molecule has 7 heteroatoms. The van der Waals surface area contributed by atoms with Crippen molar-refractivity contribution < 1.29 is 0 Å². The first-order chi connectivity index (χ1) is 9.13. The molecule has 0 spiro atoms.